The van der Waals surface area contributed by atoms with E-state index in [4.69, 9.17) is 27.9 Å². The van der Waals surface area contributed by atoms with Gasteiger partial charge in [0.1, 0.15) is 5.75 Å². The summed E-state index contributed by atoms with van der Waals surface area (Å²) in [7, 11) is 0. The first-order valence-electron chi connectivity index (χ1n) is 8.31. The van der Waals surface area contributed by atoms with Gasteiger partial charge in [-0.2, -0.15) is 0 Å². The second-order valence-corrected chi connectivity index (χ2v) is 6.78. The fourth-order valence-electron chi connectivity index (χ4n) is 2.92. The molecular weight excluding hydrogens is 359 g/mol. The van der Waals surface area contributed by atoms with E-state index < -0.39 is 0 Å². The number of carbonyl (C=O) groups excluding carboxylic acids is 1. The summed E-state index contributed by atoms with van der Waals surface area (Å²) in [6.07, 6.45) is 2.16. The summed E-state index contributed by atoms with van der Waals surface area (Å²) in [6.45, 7) is 1.45. The van der Waals surface area contributed by atoms with Gasteiger partial charge in [-0.3, -0.25) is 4.79 Å². The number of amides is 1. The average Bonchev–Trinajstić information content (AvgIpc) is 3.13. The Morgan fingerprint density at radius 2 is 1.84 bits per heavy atom. The molecule has 0 saturated carbocycles. The Morgan fingerprint density at radius 3 is 2.52 bits per heavy atom. The van der Waals surface area contributed by atoms with Crippen LogP contribution < -0.4 is 15.0 Å². The molecule has 25 heavy (non-hydrogen) atoms. The zero-order valence-corrected chi connectivity index (χ0v) is 15.3. The molecule has 1 unspecified atom stereocenters. The Balaban J connectivity index is 1.74. The van der Waals surface area contributed by atoms with E-state index in [1.807, 2.05) is 30.3 Å². The molecule has 2 aromatic carbocycles. The molecule has 132 valence electrons. The molecule has 1 fully saturated rings. The van der Waals surface area contributed by atoms with Crippen molar-refractivity contribution in [2.24, 2.45) is 0 Å². The molecule has 0 spiro atoms. The fraction of sp³-hybridized carbons (Fsp3) is 0.316. The second kappa shape index (κ2) is 8.56. The van der Waals surface area contributed by atoms with Gasteiger partial charge in [0.15, 0.2) is 6.61 Å². The van der Waals surface area contributed by atoms with E-state index in [2.05, 4.69) is 5.32 Å². The van der Waals surface area contributed by atoms with Crippen molar-refractivity contribution in [1.82, 2.24) is 5.32 Å². The molecule has 3 rings (SSSR count). The molecule has 1 atom stereocenters. The topological polar surface area (TPSA) is 41.6 Å². The highest BCUT2D eigenvalue weighted by atomic mass is 35.5. The predicted octanol–water partition coefficient (Wildman–Crippen LogP) is 4.16. The van der Waals surface area contributed by atoms with Crippen LogP contribution in [0.4, 0.5) is 5.69 Å². The van der Waals surface area contributed by atoms with Gasteiger partial charge in [0, 0.05) is 12.6 Å². The number of benzene rings is 2. The first kappa shape index (κ1) is 18.1. The molecule has 0 aliphatic carbocycles. The molecule has 1 aliphatic rings. The van der Waals surface area contributed by atoms with Crippen LogP contribution in [0.5, 0.6) is 5.75 Å². The third-order valence-electron chi connectivity index (χ3n) is 4.20. The molecule has 6 heteroatoms. The molecular formula is C19H20Cl2N2O2. The number of anilines is 1. The second-order valence-electron chi connectivity index (χ2n) is 5.97. The Kier molecular flexibility index (Phi) is 6.19. The van der Waals surface area contributed by atoms with Crippen molar-refractivity contribution in [2.45, 2.75) is 18.9 Å². The standard InChI is InChI=1S/C19H20Cl2N2O2/c20-15-7-1-3-9-17(15)23(12-14-6-5-11-22-14)19(24)13-25-18-10-4-2-8-16(18)21/h1-4,7-10,14,22H,5-6,11-13H2. The van der Waals surface area contributed by atoms with Crippen LogP contribution in [-0.2, 0) is 4.79 Å². The third-order valence-corrected chi connectivity index (χ3v) is 4.83. The van der Waals surface area contributed by atoms with Gasteiger partial charge in [0.25, 0.3) is 5.91 Å². The van der Waals surface area contributed by atoms with Crippen molar-refractivity contribution in [2.75, 3.05) is 24.6 Å². The maximum Gasteiger partial charge on any atom is 0.265 e. The average molecular weight is 379 g/mol. The molecule has 0 aromatic heterocycles. The highest BCUT2D eigenvalue weighted by Crippen LogP contribution is 2.27. The van der Waals surface area contributed by atoms with Crippen LogP contribution in [0.25, 0.3) is 0 Å². The largest absolute Gasteiger partial charge is 0.482 e. The lowest BCUT2D eigenvalue weighted by atomic mass is 10.2. The highest BCUT2D eigenvalue weighted by Gasteiger charge is 2.24. The minimum Gasteiger partial charge on any atom is -0.482 e. The highest BCUT2D eigenvalue weighted by molar-refractivity contribution is 6.33. The molecule has 1 amide bonds. The van der Waals surface area contributed by atoms with Crippen LogP contribution in [0.2, 0.25) is 10.0 Å². The van der Waals surface area contributed by atoms with Crippen LogP contribution in [0.1, 0.15) is 12.8 Å². The van der Waals surface area contributed by atoms with Gasteiger partial charge in [-0.05, 0) is 43.7 Å². The summed E-state index contributed by atoms with van der Waals surface area (Å²) in [5.74, 6) is 0.345. The van der Waals surface area contributed by atoms with Gasteiger partial charge in [-0.15, -0.1) is 0 Å². The first-order chi connectivity index (χ1) is 12.1. The number of ether oxygens (including phenoxy) is 1. The molecule has 2 aromatic rings. The molecule has 0 radical (unpaired) electrons. The molecule has 1 heterocycles. The van der Waals surface area contributed by atoms with E-state index in [-0.39, 0.29) is 18.6 Å². The van der Waals surface area contributed by atoms with Crippen LogP contribution in [0, 0.1) is 0 Å². The van der Waals surface area contributed by atoms with Crippen LogP contribution in [-0.4, -0.2) is 31.6 Å². The summed E-state index contributed by atoms with van der Waals surface area (Å²) in [4.78, 5) is 14.5. The van der Waals surface area contributed by atoms with Gasteiger partial charge in [-0.25, -0.2) is 0 Å². The zero-order valence-electron chi connectivity index (χ0n) is 13.8. The van der Waals surface area contributed by atoms with Gasteiger partial charge in [0.2, 0.25) is 0 Å². The van der Waals surface area contributed by atoms with E-state index in [9.17, 15) is 4.79 Å². The number of nitrogens with zero attached hydrogens (tertiary/aromatic N) is 1. The molecule has 1 N–H and O–H groups in total. The fourth-order valence-corrected chi connectivity index (χ4v) is 3.35. The number of para-hydroxylation sites is 2. The lowest BCUT2D eigenvalue weighted by molar-refractivity contribution is -0.120. The van der Waals surface area contributed by atoms with E-state index in [1.165, 1.54) is 0 Å². The zero-order chi connectivity index (χ0) is 17.6. The molecule has 4 nitrogen and oxygen atoms in total. The maximum absolute atomic E-state index is 12.8. The lowest BCUT2D eigenvalue weighted by Gasteiger charge is -2.27. The third kappa shape index (κ3) is 4.66. The van der Waals surface area contributed by atoms with Gasteiger partial charge >= 0.3 is 0 Å². The predicted molar refractivity (Wildman–Crippen MR) is 102 cm³/mol. The number of hydrogen-bond acceptors (Lipinski definition) is 3. The number of halogens is 2. The van der Waals surface area contributed by atoms with Crippen LogP contribution >= 0.6 is 23.2 Å². The van der Waals surface area contributed by atoms with Gasteiger partial charge < -0.3 is 15.0 Å². The van der Waals surface area contributed by atoms with Crippen molar-refractivity contribution in [1.29, 1.82) is 0 Å². The van der Waals surface area contributed by atoms with Crippen LogP contribution in [0.15, 0.2) is 48.5 Å². The van der Waals surface area contributed by atoms with E-state index in [0.29, 0.717) is 28.0 Å². The Bertz CT molecular complexity index is 733. The smallest absolute Gasteiger partial charge is 0.265 e. The van der Waals surface area contributed by atoms with Crippen molar-refractivity contribution in [3.05, 3.63) is 58.6 Å². The molecule has 0 bridgehead atoms. The van der Waals surface area contributed by atoms with E-state index >= 15 is 0 Å². The van der Waals surface area contributed by atoms with E-state index in [0.717, 1.165) is 19.4 Å². The Morgan fingerprint density at radius 1 is 1.12 bits per heavy atom. The van der Waals surface area contributed by atoms with Crippen molar-refractivity contribution >= 4 is 34.8 Å². The summed E-state index contributed by atoms with van der Waals surface area (Å²) in [5, 5.41) is 4.45. The summed E-state index contributed by atoms with van der Waals surface area (Å²) in [6, 6.07) is 14.7. The number of hydrogen-bond donors (Lipinski definition) is 1. The minimum atomic E-state index is -0.151. The quantitative estimate of drug-likeness (QED) is 0.820. The molecule has 1 aliphatic heterocycles. The number of carbonyl (C=O) groups is 1. The summed E-state index contributed by atoms with van der Waals surface area (Å²) >= 11 is 12.4. The number of nitrogens with one attached hydrogen (secondary N) is 1. The van der Waals surface area contributed by atoms with Gasteiger partial charge in [-0.1, -0.05) is 47.5 Å². The Labute approximate surface area is 157 Å². The lowest BCUT2D eigenvalue weighted by Crippen LogP contribution is -2.43. The monoisotopic (exact) mass is 378 g/mol. The SMILES string of the molecule is O=C(COc1ccccc1Cl)N(CC1CCCN1)c1ccccc1Cl. The normalized spacial score (nSPS) is 16.6. The molecule has 1 saturated heterocycles. The van der Waals surface area contributed by atoms with E-state index in [1.54, 1.807) is 23.1 Å². The summed E-state index contributed by atoms with van der Waals surface area (Å²) < 4.78 is 5.62. The Hall–Kier alpha value is -1.75. The van der Waals surface area contributed by atoms with Crippen molar-refractivity contribution < 1.29 is 9.53 Å². The van der Waals surface area contributed by atoms with Gasteiger partial charge in [0.05, 0.1) is 15.7 Å². The number of rotatable bonds is 6. The first-order valence-corrected chi connectivity index (χ1v) is 9.06. The van der Waals surface area contributed by atoms with Crippen molar-refractivity contribution in [3.63, 3.8) is 0 Å². The van der Waals surface area contributed by atoms with Crippen molar-refractivity contribution in [3.8, 4) is 5.75 Å². The summed E-state index contributed by atoms with van der Waals surface area (Å²) in [5.41, 5.74) is 0.700. The maximum atomic E-state index is 12.8. The minimum absolute atomic E-state index is 0.0956. The van der Waals surface area contributed by atoms with Crippen LogP contribution in [0.3, 0.4) is 0 Å².